The van der Waals surface area contributed by atoms with Crippen molar-refractivity contribution in [3.8, 4) is 0 Å². The third-order valence-electron chi connectivity index (χ3n) is 8.99. The van der Waals surface area contributed by atoms with Crippen LogP contribution >= 0.6 is 15.9 Å². The fraction of sp³-hybridized carbons (Fsp3) is 0.955. The number of methoxy groups -OCH3 is 1. The van der Waals surface area contributed by atoms with Gasteiger partial charge in [-0.3, -0.25) is 4.79 Å². The third-order valence-corrected chi connectivity index (χ3v) is 9.54. The minimum Gasteiger partial charge on any atom is -0.384 e. The average Bonchev–Trinajstić information content (AvgIpc) is 2.98. The predicted molar refractivity (Wildman–Crippen MR) is 105 cm³/mol. The summed E-state index contributed by atoms with van der Waals surface area (Å²) < 4.78 is 5.45. The van der Waals surface area contributed by atoms with E-state index in [1.807, 2.05) is 7.11 Å². The van der Waals surface area contributed by atoms with Crippen LogP contribution in [0.4, 0.5) is 0 Å². The van der Waals surface area contributed by atoms with Crippen LogP contribution in [0.15, 0.2) is 0 Å². The van der Waals surface area contributed by atoms with Crippen LogP contribution < -0.4 is 0 Å². The number of ether oxygens (including phenoxy) is 1. The van der Waals surface area contributed by atoms with Gasteiger partial charge in [0.25, 0.3) is 0 Å². The topological polar surface area (TPSA) is 26.3 Å². The summed E-state index contributed by atoms with van der Waals surface area (Å²) in [6, 6.07) is 0. The first-order valence-electron chi connectivity index (χ1n) is 10.7. The number of hydrogen-bond acceptors (Lipinski definition) is 2. The Morgan fingerprint density at radius 1 is 1.04 bits per heavy atom. The van der Waals surface area contributed by atoms with Crippen LogP contribution in [-0.4, -0.2) is 24.8 Å². The highest BCUT2D eigenvalue weighted by atomic mass is 79.9. The summed E-state index contributed by atoms with van der Waals surface area (Å²) in [5.41, 5.74) is 0.298. The van der Waals surface area contributed by atoms with Crippen molar-refractivity contribution in [2.75, 3.05) is 19.0 Å². The number of Topliss-reactive ketones (excluding diaryl/α,β-unsaturated/α-hetero) is 1. The number of halogens is 1. The number of hydrogen-bond donors (Lipinski definition) is 0. The largest absolute Gasteiger partial charge is 0.384 e. The van der Waals surface area contributed by atoms with Gasteiger partial charge in [-0.25, -0.2) is 0 Å². The van der Waals surface area contributed by atoms with Crippen molar-refractivity contribution < 1.29 is 9.53 Å². The van der Waals surface area contributed by atoms with E-state index in [0.717, 1.165) is 48.5 Å². The molecular weight excluding hydrogens is 376 g/mol. The van der Waals surface area contributed by atoms with E-state index in [1.54, 1.807) is 0 Å². The number of ketones is 1. The summed E-state index contributed by atoms with van der Waals surface area (Å²) in [6.45, 7) is 3.43. The standard InChI is InChI=1S/C22H35BrO2/c1-22-10-9-17-16-5-3-14(13-25-2)11-15(16)4-6-18(17)19(22)7-8-20(22)21(24)12-23/h14-20H,3-13H2,1-2H3. The first kappa shape index (κ1) is 18.5. The molecule has 0 spiro atoms. The Kier molecular flexibility index (Phi) is 5.37. The average molecular weight is 411 g/mol. The molecule has 4 aliphatic rings. The number of alkyl halides is 1. The van der Waals surface area contributed by atoms with E-state index in [0.29, 0.717) is 22.4 Å². The zero-order valence-corrected chi connectivity index (χ0v) is 17.6. The quantitative estimate of drug-likeness (QED) is 0.573. The molecule has 0 aromatic rings. The Bertz CT molecular complexity index is 506. The van der Waals surface area contributed by atoms with E-state index in [1.165, 1.54) is 51.4 Å². The van der Waals surface area contributed by atoms with E-state index < -0.39 is 0 Å². The maximum Gasteiger partial charge on any atom is 0.147 e. The van der Waals surface area contributed by atoms with Gasteiger partial charge in [-0.05, 0) is 98.7 Å². The lowest BCUT2D eigenvalue weighted by Crippen LogP contribution is -2.49. The van der Waals surface area contributed by atoms with Gasteiger partial charge in [-0.2, -0.15) is 0 Å². The molecule has 0 heterocycles. The second-order valence-electron chi connectivity index (χ2n) is 9.84. The molecule has 0 bridgehead atoms. The maximum atomic E-state index is 12.5. The fourth-order valence-electron chi connectivity index (χ4n) is 7.96. The molecule has 8 unspecified atom stereocenters. The molecule has 0 N–H and O–H groups in total. The van der Waals surface area contributed by atoms with Crippen LogP contribution in [0.3, 0.4) is 0 Å². The van der Waals surface area contributed by atoms with Crippen molar-refractivity contribution in [2.24, 2.45) is 46.8 Å². The van der Waals surface area contributed by atoms with Crippen LogP contribution in [0.5, 0.6) is 0 Å². The summed E-state index contributed by atoms with van der Waals surface area (Å²) >= 11 is 3.44. The first-order chi connectivity index (χ1) is 12.1. The summed E-state index contributed by atoms with van der Waals surface area (Å²) in [4.78, 5) is 12.5. The molecule has 0 aromatic heterocycles. The zero-order valence-electron chi connectivity index (χ0n) is 16.0. The second kappa shape index (κ2) is 7.26. The molecule has 25 heavy (non-hydrogen) atoms. The van der Waals surface area contributed by atoms with Crippen molar-refractivity contribution in [3.63, 3.8) is 0 Å². The van der Waals surface area contributed by atoms with Crippen LogP contribution in [0, 0.1) is 46.8 Å². The van der Waals surface area contributed by atoms with Crippen molar-refractivity contribution >= 4 is 21.7 Å². The SMILES string of the molecule is COCC1CCC2C(CCC3C2CCC2(C)C(C(=O)CBr)CCC32)C1. The predicted octanol–water partition coefficient (Wildman–Crippen LogP) is 5.48. The minimum absolute atomic E-state index is 0.298. The monoisotopic (exact) mass is 410 g/mol. The van der Waals surface area contributed by atoms with E-state index >= 15 is 0 Å². The molecule has 0 amide bonds. The van der Waals surface area contributed by atoms with Gasteiger partial charge in [0.1, 0.15) is 5.78 Å². The van der Waals surface area contributed by atoms with Gasteiger partial charge in [0.2, 0.25) is 0 Å². The van der Waals surface area contributed by atoms with E-state index in [4.69, 9.17) is 4.74 Å². The highest BCUT2D eigenvalue weighted by molar-refractivity contribution is 9.09. The van der Waals surface area contributed by atoms with Gasteiger partial charge in [-0.1, -0.05) is 22.9 Å². The van der Waals surface area contributed by atoms with Crippen LogP contribution in [0.2, 0.25) is 0 Å². The van der Waals surface area contributed by atoms with E-state index in [-0.39, 0.29) is 0 Å². The van der Waals surface area contributed by atoms with Crippen molar-refractivity contribution in [1.82, 2.24) is 0 Å². The molecule has 4 rings (SSSR count). The first-order valence-corrected chi connectivity index (χ1v) is 11.8. The molecule has 0 aromatic carbocycles. The van der Waals surface area contributed by atoms with Gasteiger partial charge in [0, 0.05) is 19.6 Å². The molecule has 0 saturated heterocycles. The maximum absolute atomic E-state index is 12.5. The number of rotatable bonds is 4. The van der Waals surface area contributed by atoms with Gasteiger partial charge in [-0.15, -0.1) is 0 Å². The molecule has 0 radical (unpaired) electrons. The molecule has 4 aliphatic carbocycles. The highest BCUT2D eigenvalue weighted by Crippen LogP contribution is 2.64. The molecule has 142 valence electrons. The lowest BCUT2D eigenvalue weighted by atomic mass is 9.49. The summed E-state index contributed by atoms with van der Waals surface area (Å²) in [5, 5.41) is 0.555. The van der Waals surface area contributed by atoms with Gasteiger partial charge in [0.15, 0.2) is 0 Å². The Morgan fingerprint density at radius 2 is 1.84 bits per heavy atom. The van der Waals surface area contributed by atoms with E-state index in [9.17, 15) is 4.79 Å². The van der Waals surface area contributed by atoms with Crippen molar-refractivity contribution in [2.45, 2.75) is 64.7 Å². The summed E-state index contributed by atoms with van der Waals surface area (Å²) in [6.07, 6.45) is 12.2. The molecule has 3 heteroatoms. The van der Waals surface area contributed by atoms with Crippen molar-refractivity contribution in [1.29, 1.82) is 0 Å². The van der Waals surface area contributed by atoms with Crippen LogP contribution in [0.1, 0.15) is 64.7 Å². The van der Waals surface area contributed by atoms with Gasteiger partial charge >= 0.3 is 0 Å². The summed E-state index contributed by atoms with van der Waals surface area (Å²) in [7, 11) is 1.86. The fourth-order valence-corrected chi connectivity index (χ4v) is 8.35. The number of carbonyl (C=O) groups is 1. The summed E-state index contributed by atoms with van der Waals surface area (Å²) in [5.74, 6) is 6.22. The molecule has 4 fully saturated rings. The Labute approximate surface area is 162 Å². The molecule has 2 nitrogen and oxygen atoms in total. The minimum atomic E-state index is 0.298. The highest BCUT2D eigenvalue weighted by Gasteiger charge is 2.58. The third kappa shape index (κ3) is 3.06. The second-order valence-corrected chi connectivity index (χ2v) is 10.4. The molecule has 8 atom stereocenters. The van der Waals surface area contributed by atoms with E-state index in [2.05, 4.69) is 22.9 Å². The van der Waals surface area contributed by atoms with Crippen LogP contribution in [0.25, 0.3) is 0 Å². The number of carbonyl (C=O) groups excluding carboxylic acids is 1. The number of fused-ring (bicyclic) bond motifs is 5. The van der Waals surface area contributed by atoms with Crippen molar-refractivity contribution in [3.05, 3.63) is 0 Å². The Morgan fingerprint density at radius 3 is 2.60 bits per heavy atom. The lowest BCUT2D eigenvalue weighted by Gasteiger charge is -2.56. The molecule has 4 saturated carbocycles. The molecule has 0 aliphatic heterocycles. The van der Waals surface area contributed by atoms with Gasteiger partial charge < -0.3 is 4.74 Å². The zero-order chi connectivity index (χ0) is 17.6. The normalized spacial score (nSPS) is 49.2. The lowest BCUT2D eigenvalue weighted by molar-refractivity contribution is -0.128. The van der Waals surface area contributed by atoms with Crippen LogP contribution in [-0.2, 0) is 9.53 Å². The molecular formula is C22H35BrO2. The van der Waals surface area contributed by atoms with Gasteiger partial charge in [0.05, 0.1) is 5.33 Å². The smallest absolute Gasteiger partial charge is 0.147 e. The Hall–Kier alpha value is 0.110. The Balaban J connectivity index is 1.48.